The van der Waals surface area contributed by atoms with E-state index in [9.17, 15) is 4.79 Å². The predicted molar refractivity (Wildman–Crippen MR) is 73.3 cm³/mol. The molecule has 1 saturated heterocycles. The molecule has 1 aromatic rings. The van der Waals surface area contributed by atoms with E-state index in [1.807, 2.05) is 5.38 Å². The first kappa shape index (κ1) is 13.3. The Morgan fingerprint density at radius 2 is 2.33 bits per heavy atom. The molecule has 5 heteroatoms. The summed E-state index contributed by atoms with van der Waals surface area (Å²) in [6, 6.07) is 0.541. The predicted octanol–water partition coefficient (Wildman–Crippen LogP) is 2.79. The molecule has 2 heterocycles. The van der Waals surface area contributed by atoms with Crippen LogP contribution >= 0.6 is 11.3 Å². The van der Waals surface area contributed by atoms with Crippen LogP contribution in [0.25, 0.3) is 0 Å². The molecular weight excluding hydrogens is 248 g/mol. The SMILES string of the molecule is CC1CCC(C)N(c2nc(CCC(=O)O)cs2)C1. The van der Waals surface area contributed by atoms with Gasteiger partial charge in [-0.3, -0.25) is 4.79 Å². The lowest BCUT2D eigenvalue weighted by Crippen LogP contribution is -2.41. The molecule has 1 aliphatic rings. The number of anilines is 1. The Bertz CT molecular complexity index is 419. The van der Waals surface area contributed by atoms with Crippen LogP contribution in [0, 0.1) is 5.92 Å². The van der Waals surface area contributed by atoms with Crippen molar-refractivity contribution in [2.45, 2.75) is 45.6 Å². The van der Waals surface area contributed by atoms with E-state index in [1.54, 1.807) is 11.3 Å². The summed E-state index contributed by atoms with van der Waals surface area (Å²) in [5.41, 5.74) is 0.905. The van der Waals surface area contributed by atoms with E-state index in [1.165, 1.54) is 12.8 Å². The monoisotopic (exact) mass is 268 g/mol. The van der Waals surface area contributed by atoms with E-state index in [0.717, 1.165) is 17.4 Å². The molecule has 0 bridgehead atoms. The van der Waals surface area contributed by atoms with E-state index >= 15 is 0 Å². The maximum absolute atomic E-state index is 10.5. The van der Waals surface area contributed by atoms with Gasteiger partial charge >= 0.3 is 5.97 Å². The topological polar surface area (TPSA) is 53.4 Å². The van der Waals surface area contributed by atoms with Gasteiger partial charge in [0.2, 0.25) is 0 Å². The van der Waals surface area contributed by atoms with Crippen LogP contribution in [0.4, 0.5) is 5.13 Å². The van der Waals surface area contributed by atoms with Crippen LogP contribution in [-0.2, 0) is 11.2 Å². The van der Waals surface area contributed by atoms with Crippen molar-refractivity contribution < 1.29 is 9.90 Å². The van der Waals surface area contributed by atoms with Crippen LogP contribution in [0.15, 0.2) is 5.38 Å². The summed E-state index contributed by atoms with van der Waals surface area (Å²) in [7, 11) is 0. The second-order valence-corrected chi connectivity index (χ2v) is 6.04. The number of nitrogens with zero attached hydrogens (tertiary/aromatic N) is 2. The number of carboxylic acid groups (broad SMARTS) is 1. The Morgan fingerprint density at radius 3 is 3.06 bits per heavy atom. The van der Waals surface area contributed by atoms with Crippen LogP contribution in [-0.4, -0.2) is 28.6 Å². The van der Waals surface area contributed by atoms with Crippen LogP contribution < -0.4 is 4.90 Å². The van der Waals surface area contributed by atoms with Gasteiger partial charge in [-0.15, -0.1) is 11.3 Å². The van der Waals surface area contributed by atoms with Gasteiger partial charge in [-0.05, 0) is 25.7 Å². The number of aromatic nitrogens is 1. The van der Waals surface area contributed by atoms with Gasteiger partial charge in [-0.2, -0.15) is 0 Å². The van der Waals surface area contributed by atoms with Crippen LogP contribution in [0.1, 0.15) is 38.8 Å². The van der Waals surface area contributed by atoms with Crippen molar-refractivity contribution in [2.75, 3.05) is 11.4 Å². The van der Waals surface area contributed by atoms with E-state index in [4.69, 9.17) is 5.11 Å². The molecule has 1 fully saturated rings. The summed E-state index contributed by atoms with van der Waals surface area (Å²) >= 11 is 1.64. The van der Waals surface area contributed by atoms with E-state index < -0.39 is 5.97 Å². The second kappa shape index (κ2) is 5.69. The molecule has 18 heavy (non-hydrogen) atoms. The zero-order chi connectivity index (χ0) is 13.1. The molecule has 2 rings (SSSR count). The molecule has 1 aromatic heterocycles. The van der Waals surface area contributed by atoms with Crippen molar-refractivity contribution in [3.8, 4) is 0 Å². The van der Waals surface area contributed by atoms with E-state index in [2.05, 4.69) is 23.7 Å². The standard InChI is InChI=1S/C13H20N2O2S/c1-9-3-4-10(2)15(7-9)13-14-11(8-18-13)5-6-12(16)17/h8-10H,3-7H2,1-2H3,(H,16,17). The lowest BCUT2D eigenvalue weighted by atomic mass is 9.96. The molecule has 100 valence electrons. The van der Waals surface area contributed by atoms with Crippen molar-refractivity contribution in [1.82, 2.24) is 4.98 Å². The molecule has 1 aliphatic heterocycles. The Hall–Kier alpha value is -1.10. The zero-order valence-corrected chi connectivity index (χ0v) is 11.7. The summed E-state index contributed by atoms with van der Waals surface area (Å²) in [5.74, 6) is -0.0444. The summed E-state index contributed by atoms with van der Waals surface area (Å²) in [6.07, 6.45) is 3.19. The molecule has 0 aliphatic carbocycles. The van der Waals surface area contributed by atoms with Gasteiger partial charge in [0.05, 0.1) is 12.1 Å². The molecule has 0 radical (unpaired) electrons. The number of piperidine rings is 1. The lowest BCUT2D eigenvalue weighted by molar-refractivity contribution is -0.136. The highest BCUT2D eigenvalue weighted by Crippen LogP contribution is 2.30. The van der Waals surface area contributed by atoms with Crippen molar-refractivity contribution in [1.29, 1.82) is 0 Å². The van der Waals surface area contributed by atoms with Crippen molar-refractivity contribution in [2.24, 2.45) is 5.92 Å². The van der Waals surface area contributed by atoms with Gasteiger partial charge in [-0.25, -0.2) is 4.98 Å². The third-order valence-electron chi connectivity index (χ3n) is 3.50. The largest absolute Gasteiger partial charge is 0.481 e. The quantitative estimate of drug-likeness (QED) is 0.912. The fourth-order valence-corrected chi connectivity index (χ4v) is 3.31. The minimum Gasteiger partial charge on any atom is -0.481 e. The average molecular weight is 268 g/mol. The number of rotatable bonds is 4. The Kier molecular flexibility index (Phi) is 4.22. The summed E-state index contributed by atoms with van der Waals surface area (Å²) in [5, 5.41) is 11.7. The molecule has 2 unspecified atom stereocenters. The first-order chi connectivity index (χ1) is 8.56. The summed E-state index contributed by atoms with van der Waals surface area (Å²) in [6.45, 7) is 5.58. The fraction of sp³-hybridized carbons (Fsp3) is 0.692. The molecule has 0 aromatic carbocycles. The number of carbonyl (C=O) groups is 1. The summed E-state index contributed by atoms with van der Waals surface area (Å²) in [4.78, 5) is 17.5. The highest BCUT2D eigenvalue weighted by molar-refractivity contribution is 7.13. The second-order valence-electron chi connectivity index (χ2n) is 5.20. The minimum absolute atomic E-state index is 0.162. The van der Waals surface area contributed by atoms with Crippen molar-refractivity contribution >= 4 is 22.4 Å². The molecule has 0 spiro atoms. The minimum atomic E-state index is -0.760. The maximum Gasteiger partial charge on any atom is 0.303 e. The Balaban J connectivity index is 2.02. The van der Waals surface area contributed by atoms with Crippen molar-refractivity contribution in [3.63, 3.8) is 0 Å². The van der Waals surface area contributed by atoms with E-state index in [0.29, 0.717) is 18.4 Å². The molecular formula is C13H20N2O2S. The first-order valence-electron chi connectivity index (χ1n) is 6.49. The highest BCUT2D eigenvalue weighted by Gasteiger charge is 2.25. The molecule has 2 atom stereocenters. The molecule has 1 N–H and O–H groups in total. The van der Waals surface area contributed by atoms with Gasteiger partial charge in [0.15, 0.2) is 5.13 Å². The van der Waals surface area contributed by atoms with E-state index in [-0.39, 0.29) is 6.42 Å². The molecule has 0 saturated carbocycles. The summed E-state index contributed by atoms with van der Waals surface area (Å²) < 4.78 is 0. The third kappa shape index (κ3) is 3.22. The smallest absolute Gasteiger partial charge is 0.303 e. The third-order valence-corrected chi connectivity index (χ3v) is 4.42. The number of aliphatic carboxylic acids is 1. The lowest BCUT2D eigenvalue weighted by Gasteiger charge is -2.36. The maximum atomic E-state index is 10.5. The number of thiazole rings is 1. The Morgan fingerprint density at radius 1 is 1.56 bits per heavy atom. The number of aryl methyl sites for hydroxylation is 1. The first-order valence-corrected chi connectivity index (χ1v) is 7.37. The van der Waals surface area contributed by atoms with Gasteiger partial charge in [0.1, 0.15) is 0 Å². The molecule has 4 nitrogen and oxygen atoms in total. The zero-order valence-electron chi connectivity index (χ0n) is 10.9. The normalized spacial score (nSPS) is 24.2. The van der Waals surface area contributed by atoms with Gasteiger partial charge in [0.25, 0.3) is 0 Å². The average Bonchev–Trinajstić information content (AvgIpc) is 2.78. The number of carboxylic acids is 1. The number of hydrogen-bond acceptors (Lipinski definition) is 4. The van der Waals surface area contributed by atoms with Crippen LogP contribution in [0.3, 0.4) is 0 Å². The van der Waals surface area contributed by atoms with Gasteiger partial charge in [-0.1, -0.05) is 6.92 Å². The fourth-order valence-electron chi connectivity index (χ4n) is 2.33. The van der Waals surface area contributed by atoms with Gasteiger partial charge in [0, 0.05) is 24.4 Å². The number of hydrogen-bond donors (Lipinski definition) is 1. The molecule has 0 amide bonds. The Labute approximate surface area is 112 Å². The van der Waals surface area contributed by atoms with Crippen molar-refractivity contribution in [3.05, 3.63) is 11.1 Å². The van der Waals surface area contributed by atoms with Crippen LogP contribution in [0.2, 0.25) is 0 Å². The van der Waals surface area contributed by atoms with Crippen LogP contribution in [0.5, 0.6) is 0 Å². The highest BCUT2D eigenvalue weighted by atomic mass is 32.1. The van der Waals surface area contributed by atoms with Gasteiger partial charge < -0.3 is 10.0 Å².